The first-order valence-corrected chi connectivity index (χ1v) is 2.81. The molecule has 1 heterocycles. The van der Waals surface area contributed by atoms with E-state index in [0.717, 1.165) is 13.3 Å². The second kappa shape index (κ2) is 2.01. The van der Waals surface area contributed by atoms with E-state index in [1.54, 1.807) is 0 Å². The van der Waals surface area contributed by atoms with Crippen LogP contribution in [0.4, 0.5) is 0 Å². The maximum atomic E-state index is 2.25. The van der Waals surface area contributed by atoms with Crippen molar-refractivity contribution in [1.82, 2.24) is 14.9 Å². The van der Waals surface area contributed by atoms with E-state index in [1.807, 2.05) is 0 Å². The van der Waals surface area contributed by atoms with Gasteiger partial charge in [0.15, 0.2) is 0 Å². The topological polar surface area (TPSA) is 9.72 Å². The van der Waals surface area contributed by atoms with Gasteiger partial charge in [0.1, 0.15) is 0 Å². The van der Waals surface area contributed by atoms with Gasteiger partial charge in [-0.25, -0.2) is 10.0 Å². The first-order chi connectivity index (χ1) is 3.70. The first kappa shape index (κ1) is 6.01. The highest BCUT2D eigenvalue weighted by Crippen LogP contribution is 2.04. The van der Waals surface area contributed by atoms with Gasteiger partial charge in [0.2, 0.25) is 0 Å². The standard InChI is InChI=1S/C5H13N3/c1-6(2)8-4-7(3)5-8/h4-5H2,1-3H3. The van der Waals surface area contributed by atoms with Crippen LogP contribution in [0.1, 0.15) is 0 Å². The Kier molecular flexibility index (Phi) is 1.51. The predicted molar refractivity (Wildman–Crippen MR) is 33.0 cm³/mol. The molecular weight excluding hydrogens is 102 g/mol. The van der Waals surface area contributed by atoms with Crippen molar-refractivity contribution in [3.63, 3.8) is 0 Å². The smallest absolute Gasteiger partial charge is 0.0671 e. The Morgan fingerprint density at radius 2 is 1.75 bits per heavy atom. The largest absolute Gasteiger partial charge is 0.278 e. The van der Waals surface area contributed by atoms with Crippen LogP contribution in [0.5, 0.6) is 0 Å². The van der Waals surface area contributed by atoms with E-state index in [9.17, 15) is 0 Å². The fourth-order valence-corrected chi connectivity index (χ4v) is 0.769. The molecule has 0 atom stereocenters. The van der Waals surface area contributed by atoms with Gasteiger partial charge in [-0.1, -0.05) is 0 Å². The van der Waals surface area contributed by atoms with E-state index in [2.05, 4.69) is 36.1 Å². The molecule has 0 amide bonds. The summed E-state index contributed by atoms with van der Waals surface area (Å²) in [5.74, 6) is 0. The summed E-state index contributed by atoms with van der Waals surface area (Å²) in [5.41, 5.74) is 0. The van der Waals surface area contributed by atoms with Crippen molar-refractivity contribution in [3.8, 4) is 0 Å². The summed E-state index contributed by atoms with van der Waals surface area (Å²) in [6.45, 7) is 2.15. The van der Waals surface area contributed by atoms with E-state index in [0.29, 0.717) is 0 Å². The van der Waals surface area contributed by atoms with Crippen LogP contribution in [0.25, 0.3) is 0 Å². The Morgan fingerprint density at radius 1 is 1.25 bits per heavy atom. The molecule has 0 bridgehead atoms. The quantitative estimate of drug-likeness (QED) is 0.461. The molecule has 0 aromatic carbocycles. The van der Waals surface area contributed by atoms with E-state index in [1.165, 1.54) is 0 Å². The zero-order chi connectivity index (χ0) is 6.15. The third-order valence-electron chi connectivity index (χ3n) is 1.38. The molecule has 1 aliphatic rings. The molecule has 0 radical (unpaired) electrons. The number of hydrazine groups is 1. The van der Waals surface area contributed by atoms with E-state index in [4.69, 9.17) is 0 Å². The average molecular weight is 115 g/mol. The van der Waals surface area contributed by atoms with Gasteiger partial charge >= 0.3 is 0 Å². The lowest BCUT2D eigenvalue weighted by molar-refractivity contribution is -0.138. The second-order valence-corrected chi connectivity index (χ2v) is 2.49. The van der Waals surface area contributed by atoms with Gasteiger partial charge in [-0.15, -0.1) is 0 Å². The van der Waals surface area contributed by atoms with Crippen LogP contribution in [-0.2, 0) is 0 Å². The SMILES string of the molecule is CN1CN(N(C)C)C1. The van der Waals surface area contributed by atoms with Crippen LogP contribution in [0.3, 0.4) is 0 Å². The molecule has 1 rings (SSSR count). The third-order valence-corrected chi connectivity index (χ3v) is 1.38. The number of rotatable bonds is 1. The van der Waals surface area contributed by atoms with Crippen molar-refractivity contribution < 1.29 is 0 Å². The van der Waals surface area contributed by atoms with Gasteiger partial charge in [-0.2, -0.15) is 0 Å². The molecule has 0 aliphatic carbocycles. The minimum atomic E-state index is 1.08. The highest BCUT2D eigenvalue weighted by Gasteiger charge is 2.20. The van der Waals surface area contributed by atoms with Crippen LogP contribution < -0.4 is 0 Å². The van der Waals surface area contributed by atoms with Gasteiger partial charge < -0.3 is 0 Å². The Hall–Kier alpha value is -0.120. The van der Waals surface area contributed by atoms with Crippen LogP contribution >= 0.6 is 0 Å². The molecule has 0 unspecified atom stereocenters. The zero-order valence-electron chi connectivity index (χ0n) is 5.76. The van der Waals surface area contributed by atoms with Crippen molar-refractivity contribution in [3.05, 3.63) is 0 Å². The number of hydrogen-bond acceptors (Lipinski definition) is 3. The van der Waals surface area contributed by atoms with Crippen molar-refractivity contribution in [2.24, 2.45) is 0 Å². The molecule has 0 aromatic rings. The van der Waals surface area contributed by atoms with Crippen molar-refractivity contribution >= 4 is 0 Å². The summed E-state index contributed by atoms with van der Waals surface area (Å²) in [7, 11) is 6.24. The van der Waals surface area contributed by atoms with Crippen LogP contribution in [0.15, 0.2) is 0 Å². The lowest BCUT2D eigenvalue weighted by Gasteiger charge is -2.43. The summed E-state index contributed by atoms with van der Waals surface area (Å²) < 4.78 is 0. The maximum absolute atomic E-state index is 2.25. The first-order valence-electron chi connectivity index (χ1n) is 2.81. The molecule has 1 saturated heterocycles. The molecule has 0 spiro atoms. The van der Waals surface area contributed by atoms with E-state index >= 15 is 0 Å². The second-order valence-electron chi connectivity index (χ2n) is 2.49. The fraction of sp³-hybridized carbons (Fsp3) is 1.00. The predicted octanol–water partition coefficient (Wildman–Crippen LogP) is -0.375. The summed E-state index contributed by atoms with van der Waals surface area (Å²) >= 11 is 0. The fourth-order valence-electron chi connectivity index (χ4n) is 0.769. The highest BCUT2D eigenvalue weighted by atomic mass is 15.7. The molecule has 0 N–H and O–H groups in total. The molecule has 0 aromatic heterocycles. The van der Waals surface area contributed by atoms with Gasteiger partial charge in [-0.05, 0) is 7.05 Å². The van der Waals surface area contributed by atoms with Crippen molar-refractivity contribution in [2.45, 2.75) is 0 Å². The van der Waals surface area contributed by atoms with Gasteiger partial charge in [0.25, 0.3) is 0 Å². The normalized spacial score (nSPS) is 24.0. The van der Waals surface area contributed by atoms with Crippen LogP contribution in [-0.4, -0.2) is 49.4 Å². The van der Waals surface area contributed by atoms with Crippen LogP contribution in [0, 0.1) is 0 Å². The minimum absolute atomic E-state index is 1.08. The summed E-state index contributed by atoms with van der Waals surface area (Å²) in [5, 5.41) is 4.36. The van der Waals surface area contributed by atoms with Crippen LogP contribution in [0.2, 0.25) is 0 Å². The van der Waals surface area contributed by atoms with Crippen molar-refractivity contribution in [1.29, 1.82) is 0 Å². The Bertz CT molecular complexity index is 75.7. The highest BCUT2D eigenvalue weighted by molar-refractivity contribution is 4.59. The molecule has 8 heavy (non-hydrogen) atoms. The molecule has 1 aliphatic heterocycles. The van der Waals surface area contributed by atoms with Gasteiger partial charge in [0, 0.05) is 14.1 Å². The van der Waals surface area contributed by atoms with E-state index < -0.39 is 0 Å². The third kappa shape index (κ3) is 0.992. The molecule has 1 fully saturated rings. The van der Waals surface area contributed by atoms with Gasteiger partial charge in [-0.3, -0.25) is 4.90 Å². The monoisotopic (exact) mass is 115 g/mol. The number of nitrogens with zero attached hydrogens (tertiary/aromatic N) is 3. The molecule has 3 heteroatoms. The lowest BCUT2D eigenvalue weighted by Crippen LogP contribution is -2.58. The average Bonchev–Trinajstić information content (AvgIpc) is 1.57. The summed E-state index contributed by atoms with van der Waals surface area (Å²) in [4.78, 5) is 2.25. The Morgan fingerprint density at radius 3 is 1.88 bits per heavy atom. The molecular formula is C5H13N3. The molecule has 48 valence electrons. The molecule has 3 nitrogen and oxygen atoms in total. The number of hydrogen-bond donors (Lipinski definition) is 0. The summed E-state index contributed by atoms with van der Waals surface area (Å²) in [6.07, 6.45) is 0. The Labute approximate surface area is 50.4 Å². The minimum Gasteiger partial charge on any atom is -0.278 e. The lowest BCUT2D eigenvalue weighted by atomic mass is 10.6. The molecule has 0 saturated carbocycles. The van der Waals surface area contributed by atoms with Crippen molar-refractivity contribution in [2.75, 3.05) is 34.5 Å². The summed E-state index contributed by atoms with van der Waals surface area (Å²) in [6, 6.07) is 0. The zero-order valence-corrected chi connectivity index (χ0v) is 5.76. The van der Waals surface area contributed by atoms with E-state index in [-0.39, 0.29) is 0 Å². The Balaban J connectivity index is 2.15. The van der Waals surface area contributed by atoms with Gasteiger partial charge in [0.05, 0.1) is 13.3 Å². The maximum Gasteiger partial charge on any atom is 0.0671 e.